The molecule has 0 aromatic carbocycles. The molecule has 12 heteroatoms. The minimum absolute atomic E-state index is 0.200. The highest BCUT2D eigenvalue weighted by Crippen LogP contribution is 2.39. The maximum atomic E-state index is 13.1. The van der Waals surface area contributed by atoms with Gasteiger partial charge in [-0.2, -0.15) is 13.2 Å². The van der Waals surface area contributed by atoms with E-state index in [1.54, 1.807) is 24.3 Å². The van der Waals surface area contributed by atoms with E-state index in [0.29, 0.717) is 31.0 Å². The molecule has 0 radical (unpaired) electrons. The summed E-state index contributed by atoms with van der Waals surface area (Å²) >= 11 is 0. The second-order valence-corrected chi connectivity index (χ2v) is 7.52. The lowest BCUT2D eigenvalue weighted by Crippen LogP contribution is -2.49. The van der Waals surface area contributed by atoms with Gasteiger partial charge >= 0.3 is 12.2 Å². The number of urea groups is 1. The van der Waals surface area contributed by atoms with Crippen LogP contribution in [0, 0.1) is 0 Å². The largest absolute Gasteiger partial charge is 0.408 e. The Kier molecular flexibility index (Phi) is 5.87. The molecule has 1 saturated heterocycles. The Morgan fingerprint density at radius 2 is 2.06 bits per heavy atom. The molecule has 0 saturated carbocycles. The van der Waals surface area contributed by atoms with E-state index in [9.17, 15) is 22.8 Å². The fourth-order valence-electron chi connectivity index (χ4n) is 3.88. The minimum Gasteiger partial charge on any atom is -0.396 e. The van der Waals surface area contributed by atoms with E-state index in [-0.39, 0.29) is 17.6 Å². The summed E-state index contributed by atoms with van der Waals surface area (Å²) < 4.78 is 39.4. The van der Waals surface area contributed by atoms with Gasteiger partial charge in [0.2, 0.25) is 0 Å². The van der Waals surface area contributed by atoms with Crippen LogP contribution in [0.2, 0.25) is 0 Å². The number of hydrogen-bond donors (Lipinski definition) is 3. The van der Waals surface area contributed by atoms with Crippen LogP contribution in [0.3, 0.4) is 0 Å². The molecule has 32 heavy (non-hydrogen) atoms. The van der Waals surface area contributed by atoms with E-state index in [0.717, 1.165) is 0 Å². The van der Waals surface area contributed by atoms with Gasteiger partial charge in [-0.25, -0.2) is 14.8 Å². The van der Waals surface area contributed by atoms with Gasteiger partial charge in [0, 0.05) is 25.9 Å². The van der Waals surface area contributed by atoms with Gasteiger partial charge in [0.05, 0.1) is 11.7 Å². The summed E-state index contributed by atoms with van der Waals surface area (Å²) in [4.78, 5) is 37.3. The predicted molar refractivity (Wildman–Crippen MR) is 110 cm³/mol. The van der Waals surface area contributed by atoms with Crippen LogP contribution in [0.5, 0.6) is 0 Å². The highest BCUT2D eigenvalue weighted by atomic mass is 19.4. The predicted octanol–water partition coefficient (Wildman–Crippen LogP) is 2.15. The van der Waals surface area contributed by atoms with Crippen molar-refractivity contribution in [3.05, 3.63) is 42.2 Å². The zero-order chi connectivity index (χ0) is 22.9. The zero-order valence-corrected chi connectivity index (χ0v) is 16.8. The molecular formula is C20H21F3N6O3. The highest BCUT2D eigenvalue weighted by molar-refractivity contribution is 6.05. The number of hydrogen-bond acceptors (Lipinski definition) is 6. The third-order valence-electron chi connectivity index (χ3n) is 5.42. The molecule has 2 bridgehead atoms. The minimum atomic E-state index is -4.72. The lowest BCUT2D eigenvalue weighted by molar-refractivity contribution is -0.156. The first-order valence-corrected chi connectivity index (χ1v) is 10.0. The van der Waals surface area contributed by atoms with Gasteiger partial charge in [0.25, 0.3) is 5.91 Å². The molecule has 2 aromatic rings. The molecule has 2 aliphatic rings. The molecule has 2 unspecified atom stereocenters. The van der Waals surface area contributed by atoms with Crippen LogP contribution in [0.4, 0.5) is 35.3 Å². The topological polar surface area (TPSA) is 111 Å². The lowest BCUT2D eigenvalue weighted by atomic mass is 10.1. The van der Waals surface area contributed by atoms with Crippen molar-refractivity contribution in [1.29, 1.82) is 0 Å². The van der Waals surface area contributed by atoms with E-state index in [1.807, 2.05) is 10.2 Å². The molecule has 0 spiro atoms. The van der Waals surface area contributed by atoms with Gasteiger partial charge < -0.3 is 15.3 Å². The molecule has 1 fully saturated rings. The molecule has 0 aliphatic carbocycles. The first-order valence-electron chi connectivity index (χ1n) is 10.0. The maximum Gasteiger partial charge on any atom is 0.408 e. The quantitative estimate of drug-likeness (QED) is 0.644. The van der Waals surface area contributed by atoms with E-state index in [2.05, 4.69) is 15.3 Å². The van der Waals surface area contributed by atoms with Crippen molar-refractivity contribution in [2.45, 2.75) is 31.1 Å². The number of aliphatic hydroxyl groups excluding tert-OH is 1. The van der Waals surface area contributed by atoms with E-state index in [4.69, 9.17) is 5.11 Å². The number of pyridine rings is 2. The summed E-state index contributed by atoms with van der Waals surface area (Å²) in [6, 6.07) is 5.06. The van der Waals surface area contributed by atoms with E-state index < -0.39 is 37.2 Å². The van der Waals surface area contributed by atoms with Crippen LogP contribution in [0.25, 0.3) is 0 Å². The van der Waals surface area contributed by atoms with E-state index >= 15 is 0 Å². The van der Waals surface area contributed by atoms with Crippen molar-refractivity contribution in [3.8, 4) is 0 Å². The first kappa shape index (κ1) is 21.8. The number of rotatable bonds is 5. The van der Waals surface area contributed by atoms with Gasteiger partial charge in [-0.3, -0.25) is 15.0 Å². The number of aromatic nitrogens is 2. The molecule has 2 aromatic heterocycles. The Labute approximate surface area is 181 Å². The van der Waals surface area contributed by atoms with Crippen molar-refractivity contribution in [2.75, 3.05) is 34.8 Å². The molecule has 3 N–H and O–H groups in total. The summed E-state index contributed by atoms with van der Waals surface area (Å²) in [5.41, 5.74) is 0.364. The molecule has 170 valence electrons. The second kappa shape index (κ2) is 8.61. The average Bonchev–Trinajstić information content (AvgIpc) is 3.17. The second-order valence-electron chi connectivity index (χ2n) is 7.52. The standard InChI is InChI=1S/C20H21F3N6O3/c21-20(22,23)15(7-10-30)26-18(31)13-4-5-14-17(25-13)29(12-6-9-28(14)11-12)19(32)27-16-3-1-2-8-24-16/h1-5,8,12,15,30H,6-7,9-11H2,(H,26,31)(H,24,27,32). The number of carbonyl (C=O) groups excluding carboxylic acids is 2. The number of nitrogens with zero attached hydrogens (tertiary/aromatic N) is 4. The molecule has 4 rings (SSSR count). The SMILES string of the molecule is O=C(NC(CCO)C(F)(F)F)c1ccc2c(n1)N(C(=O)Nc1ccccn1)C1CCN2C1. The number of carbonyl (C=O) groups is 2. The maximum absolute atomic E-state index is 13.1. The Hall–Kier alpha value is -3.41. The highest BCUT2D eigenvalue weighted by Gasteiger charge is 2.42. The summed E-state index contributed by atoms with van der Waals surface area (Å²) in [6.07, 6.45) is -3.18. The molecule has 9 nitrogen and oxygen atoms in total. The average molecular weight is 450 g/mol. The zero-order valence-electron chi connectivity index (χ0n) is 16.8. The molecule has 2 aliphatic heterocycles. The number of anilines is 3. The molecule has 3 amide bonds. The van der Waals surface area contributed by atoms with Gasteiger partial charge in [-0.1, -0.05) is 6.07 Å². The summed E-state index contributed by atoms with van der Waals surface area (Å²) in [5.74, 6) is -0.502. The van der Waals surface area contributed by atoms with Crippen molar-refractivity contribution >= 4 is 29.3 Å². The third-order valence-corrected chi connectivity index (χ3v) is 5.42. The number of amides is 3. The van der Waals surface area contributed by atoms with Crippen LogP contribution in [-0.2, 0) is 0 Å². The normalized spacial score (nSPS) is 18.2. The summed E-state index contributed by atoms with van der Waals surface area (Å²) in [5, 5.41) is 13.5. The Bertz CT molecular complexity index is 1000. The van der Waals surface area contributed by atoms with Crippen molar-refractivity contribution in [3.63, 3.8) is 0 Å². The van der Waals surface area contributed by atoms with Gasteiger partial charge in [0.15, 0.2) is 5.82 Å². The number of nitrogens with one attached hydrogen (secondary N) is 2. The van der Waals surface area contributed by atoms with Gasteiger partial charge in [-0.15, -0.1) is 0 Å². The van der Waals surface area contributed by atoms with Crippen LogP contribution >= 0.6 is 0 Å². The fourth-order valence-corrected chi connectivity index (χ4v) is 3.88. The van der Waals surface area contributed by atoms with Gasteiger partial charge in [-0.05, 0) is 37.1 Å². The van der Waals surface area contributed by atoms with E-state index in [1.165, 1.54) is 17.2 Å². The van der Waals surface area contributed by atoms with Crippen molar-refractivity contribution < 1.29 is 27.9 Å². The molecular weight excluding hydrogens is 429 g/mol. The first-order chi connectivity index (χ1) is 15.3. The van der Waals surface area contributed by atoms with Crippen LogP contribution in [0.15, 0.2) is 36.5 Å². The van der Waals surface area contributed by atoms with Gasteiger partial charge in [0.1, 0.15) is 17.6 Å². The van der Waals surface area contributed by atoms with Crippen molar-refractivity contribution in [2.24, 2.45) is 0 Å². The fraction of sp³-hybridized carbons (Fsp3) is 0.400. The summed E-state index contributed by atoms with van der Waals surface area (Å²) in [6.45, 7) is 0.535. The molecule has 4 heterocycles. The van der Waals surface area contributed by atoms with Crippen LogP contribution in [-0.4, -0.2) is 65.0 Å². The Morgan fingerprint density at radius 1 is 1.25 bits per heavy atom. The Balaban J connectivity index is 1.62. The number of alkyl halides is 3. The van der Waals surface area contributed by atoms with Crippen LogP contribution < -0.4 is 20.4 Å². The monoisotopic (exact) mass is 450 g/mol. The molecule has 2 atom stereocenters. The summed E-state index contributed by atoms with van der Waals surface area (Å²) in [7, 11) is 0. The smallest absolute Gasteiger partial charge is 0.396 e. The van der Waals surface area contributed by atoms with Crippen LogP contribution in [0.1, 0.15) is 23.3 Å². The third kappa shape index (κ3) is 4.31. The lowest BCUT2D eigenvalue weighted by Gasteiger charge is -2.35. The number of fused-ring (bicyclic) bond motifs is 4. The number of halogens is 3. The number of aliphatic hydroxyl groups is 1. The van der Waals surface area contributed by atoms with Crippen molar-refractivity contribution in [1.82, 2.24) is 15.3 Å². The Morgan fingerprint density at radius 3 is 2.75 bits per heavy atom.